The van der Waals surface area contributed by atoms with Crippen molar-refractivity contribution >= 4 is 33.2 Å². The van der Waals surface area contributed by atoms with Gasteiger partial charge >= 0.3 is 6.18 Å². The van der Waals surface area contributed by atoms with Crippen molar-refractivity contribution in [1.29, 1.82) is 0 Å². The number of carbonyl (C=O) groups is 1. The highest BCUT2D eigenvalue weighted by Crippen LogP contribution is 2.39. The molecule has 6 nitrogen and oxygen atoms in total. The number of nitrogens with zero attached hydrogens (tertiary/aromatic N) is 1. The fourth-order valence-corrected chi connectivity index (χ4v) is 5.12. The first-order valence-electron chi connectivity index (χ1n) is 10.0. The zero-order chi connectivity index (χ0) is 24.5. The van der Waals surface area contributed by atoms with Crippen molar-refractivity contribution in [1.82, 2.24) is 5.32 Å². The van der Waals surface area contributed by atoms with Crippen LogP contribution in [0.2, 0.25) is 5.02 Å². The number of rotatable bonds is 5. The van der Waals surface area contributed by atoms with E-state index in [2.05, 4.69) is 5.32 Å². The maximum Gasteiger partial charge on any atom is 0.416 e. The number of ether oxygens (including phenoxy) is 1. The Morgan fingerprint density at radius 1 is 1.06 bits per heavy atom. The van der Waals surface area contributed by atoms with Gasteiger partial charge in [-0.3, -0.25) is 9.10 Å². The number of sulfonamides is 1. The Hall–Kier alpha value is -3.24. The van der Waals surface area contributed by atoms with Crippen molar-refractivity contribution in [3.8, 4) is 5.75 Å². The second-order valence-corrected chi connectivity index (χ2v) is 9.78. The van der Waals surface area contributed by atoms with E-state index in [1.165, 1.54) is 42.5 Å². The average molecular weight is 511 g/mol. The number of halogens is 4. The third-order valence-corrected chi connectivity index (χ3v) is 7.16. The van der Waals surface area contributed by atoms with E-state index in [1.807, 2.05) is 0 Å². The van der Waals surface area contributed by atoms with Crippen LogP contribution in [0.15, 0.2) is 77.7 Å². The SMILES string of the molecule is O=C(NCc1cccc(C(F)(F)F)c1)C1CN(S(=O)(=O)c2ccccc2)c2cc(Cl)ccc2O1. The lowest BCUT2D eigenvalue weighted by molar-refractivity contribution is -0.137. The molecule has 1 N–H and O–H groups in total. The smallest absolute Gasteiger partial charge is 0.416 e. The number of hydrogen-bond acceptors (Lipinski definition) is 4. The Kier molecular flexibility index (Phi) is 6.46. The average Bonchev–Trinajstić information content (AvgIpc) is 2.82. The van der Waals surface area contributed by atoms with Crippen molar-refractivity contribution in [2.75, 3.05) is 10.8 Å². The van der Waals surface area contributed by atoms with Crippen LogP contribution in [0, 0.1) is 0 Å². The van der Waals surface area contributed by atoms with Crippen LogP contribution in [0.4, 0.5) is 18.9 Å². The van der Waals surface area contributed by atoms with E-state index in [1.54, 1.807) is 18.2 Å². The number of alkyl halides is 3. The summed E-state index contributed by atoms with van der Waals surface area (Å²) in [5.74, 6) is -0.541. The Morgan fingerprint density at radius 3 is 2.50 bits per heavy atom. The van der Waals surface area contributed by atoms with Crippen molar-refractivity contribution in [2.45, 2.75) is 23.7 Å². The third kappa shape index (κ3) is 4.97. The Balaban J connectivity index is 1.58. The van der Waals surface area contributed by atoms with Crippen molar-refractivity contribution in [2.24, 2.45) is 0 Å². The normalized spacial score (nSPS) is 15.9. The number of carbonyl (C=O) groups excluding carboxylic acids is 1. The maximum absolute atomic E-state index is 13.3. The first-order chi connectivity index (χ1) is 16.1. The first kappa shape index (κ1) is 23.9. The third-order valence-electron chi connectivity index (χ3n) is 5.14. The molecule has 0 saturated carbocycles. The van der Waals surface area contributed by atoms with Gasteiger partial charge in [0.1, 0.15) is 5.75 Å². The lowest BCUT2D eigenvalue weighted by Gasteiger charge is -2.34. The van der Waals surface area contributed by atoms with Crippen molar-refractivity contribution in [3.05, 3.63) is 88.9 Å². The van der Waals surface area contributed by atoms with Gasteiger partial charge in [0.2, 0.25) is 0 Å². The zero-order valence-electron chi connectivity index (χ0n) is 17.4. The molecule has 0 fully saturated rings. The number of fused-ring (bicyclic) bond motifs is 1. The molecule has 0 aromatic heterocycles. The van der Waals surface area contributed by atoms with Gasteiger partial charge < -0.3 is 10.1 Å². The summed E-state index contributed by atoms with van der Waals surface area (Å²) < 4.78 is 72.2. The van der Waals surface area contributed by atoms with E-state index >= 15 is 0 Å². The van der Waals surface area contributed by atoms with E-state index in [-0.39, 0.29) is 40.0 Å². The molecule has 0 bridgehead atoms. The van der Waals surface area contributed by atoms with Gasteiger partial charge in [-0.2, -0.15) is 13.2 Å². The molecule has 1 aliphatic rings. The quantitative estimate of drug-likeness (QED) is 0.543. The highest BCUT2D eigenvalue weighted by molar-refractivity contribution is 7.92. The van der Waals surface area contributed by atoms with E-state index in [9.17, 15) is 26.4 Å². The minimum Gasteiger partial charge on any atom is -0.476 e. The summed E-state index contributed by atoms with van der Waals surface area (Å²) in [4.78, 5) is 12.9. The van der Waals surface area contributed by atoms with Crippen LogP contribution >= 0.6 is 11.6 Å². The van der Waals surface area contributed by atoms with Crippen LogP contribution in [0.3, 0.4) is 0 Å². The summed E-state index contributed by atoms with van der Waals surface area (Å²) in [5, 5.41) is 2.80. The predicted octanol–water partition coefficient (Wildman–Crippen LogP) is 4.63. The molecule has 0 spiro atoms. The fourth-order valence-electron chi connectivity index (χ4n) is 3.47. The standard InChI is InChI=1S/C23H18ClF3N2O4S/c24-17-9-10-20-19(12-17)29(34(31,32)18-7-2-1-3-8-18)14-21(33-20)22(30)28-13-15-5-4-6-16(11-15)23(25,26)27/h1-12,21H,13-14H2,(H,28,30). The monoisotopic (exact) mass is 510 g/mol. The summed E-state index contributed by atoms with van der Waals surface area (Å²) in [6.07, 6.45) is -5.75. The summed E-state index contributed by atoms with van der Waals surface area (Å²) in [6, 6.07) is 16.6. The summed E-state index contributed by atoms with van der Waals surface area (Å²) in [7, 11) is -4.06. The van der Waals surface area contributed by atoms with Crippen LogP contribution in [-0.4, -0.2) is 27.0 Å². The summed E-state index contributed by atoms with van der Waals surface area (Å²) >= 11 is 6.06. The highest BCUT2D eigenvalue weighted by atomic mass is 35.5. The van der Waals surface area contributed by atoms with E-state index in [4.69, 9.17) is 16.3 Å². The number of anilines is 1. The van der Waals surface area contributed by atoms with Crippen molar-refractivity contribution < 1.29 is 31.1 Å². The molecular formula is C23H18ClF3N2O4S. The van der Waals surface area contributed by atoms with Gasteiger partial charge in [0.15, 0.2) is 6.10 Å². The van der Waals surface area contributed by atoms with Crippen LogP contribution in [0.5, 0.6) is 5.75 Å². The lowest BCUT2D eigenvalue weighted by Crippen LogP contribution is -2.50. The summed E-state index contributed by atoms with van der Waals surface area (Å²) in [5.41, 5.74) is -0.419. The number of hydrogen-bond donors (Lipinski definition) is 1. The molecular weight excluding hydrogens is 493 g/mol. The largest absolute Gasteiger partial charge is 0.476 e. The van der Waals surface area contributed by atoms with Gasteiger partial charge in [0.25, 0.3) is 15.9 Å². The Labute approximate surface area is 199 Å². The molecule has 11 heteroatoms. The van der Waals surface area contributed by atoms with Crippen LogP contribution < -0.4 is 14.4 Å². The molecule has 3 aromatic rings. The predicted molar refractivity (Wildman–Crippen MR) is 120 cm³/mol. The minimum absolute atomic E-state index is 0.0194. The Morgan fingerprint density at radius 2 is 1.79 bits per heavy atom. The second kappa shape index (κ2) is 9.19. The van der Waals surface area contributed by atoms with Crippen LogP contribution in [0.25, 0.3) is 0 Å². The van der Waals surface area contributed by atoms with Gasteiger partial charge in [-0.05, 0) is 48.0 Å². The second-order valence-electron chi connectivity index (χ2n) is 7.48. The summed E-state index contributed by atoms with van der Waals surface area (Å²) in [6.45, 7) is -0.541. The molecule has 0 saturated heterocycles. The molecule has 1 unspecified atom stereocenters. The van der Waals surface area contributed by atoms with E-state index in [0.29, 0.717) is 0 Å². The molecule has 34 heavy (non-hydrogen) atoms. The van der Waals surface area contributed by atoms with E-state index < -0.39 is 33.8 Å². The van der Waals surface area contributed by atoms with E-state index in [0.717, 1.165) is 16.4 Å². The Bertz CT molecular complexity index is 1320. The van der Waals surface area contributed by atoms with Crippen LogP contribution in [-0.2, 0) is 27.5 Å². The molecule has 1 atom stereocenters. The first-order valence-corrected chi connectivity index (χ1v) is 11.9. The molecule has 178 valence electrons. The number of benzene rings is 3. The molecule has 0 aliphatic carbocycles. The molecule has 1 amide bonds. The zero-order valence-corrected chi connectivity index (χ0v) is 19.0. The molecule has 1 heterocycles. The lowest BCUT2D eigenvalue weighted by atomic mass is 10.1. The number of amides is 1. The maximum atomic E-state index is 13.3. The van der Waals surface area contributed by atoms with Gasteiger partial charge in [-0.15, -0.1) is 0 Å². The van der Waals surface area contributed by atoms with Gasteiger partial charge in [0, 0.05) is 11.6 Å². The number of nitrogens with one attached hydrogen (secondary N) is 1. The minimum atomic E-state index is -4.51. The fraction of sp³-hybridized carbons (Fsp3) is 0.174. The van der Waals surface area contributed by atoms with Crippen molar-refractivity contribution in [3.63, 3.8) is 0 Å². The molecule has 3 aromatic carbocycles. The van der Waals surface area contributed by atoms with Crippen LogP contribution in [0.1, 0.15) is 11.1 Å². The molecule has 1 aliphatic heterocycles. The van der Waals surface area contributed by atoms with Gasteiger partial charge in [0.05, 0.1) is 22.7 Å². The topological polar surface area (TPSA) is 75.7 Å². The van der Waals surface area contributed by atoms with Gasteiger partial charge in [-0.1, -0.05) is 41.9 Å². The molecule has 0 radical (unpaired) electrons. The molecule has 4 rings (SSSR count). The highest BCUT2D eigenvalue weighted by Gasteiger charge is 2.38. The van der Waals surface area contributed by atoms with Gasteiger partial charge in [-0.25, -0.2) is 8.42 Å².